The number of anilines is 1. The van der Waals surface area contributed by atoms with Crippen LogP contribution in [0, 0.1) is 0 Å². The van der Waals surface area contributed by atoms with Gasteiger partial charge in [-0.05, 0) is 36.6 Å². The lowest BCUT2D eigenvalue weighted by Gasteiger charge is -2.27. The molecule has 5 heteroatoms. The fourth-order valence-electron chi connectivity index (χ4n) is 2.20. The summed E-state index contributed by atoms with van der Waals surface area (Å²) >= 11 is 0. The van der Waals surface area contributed by atoms with Crippen LogP contribution in [-0.4, -0.2) is 25.5 Å². The Morgan fingerprint density at radius 3 is 2.89 bits per heavy atom. The average Bonchev–Trinajstić information content (AvgIpc) is 2.38. The maximum atomic E-state index is 11.8. The Morgan fingerprint density at radius 2 is 2.22 bits per heavy atom. The quantitative estimate of drug-likeness (QED) is 0.812. The summed E-state index contributed by atoms with van der Waals surface area (Å²) in [6, 6.07) is 5.39. The van der Waals surface area contributed by atoms with Crippen LogP contribution in [0.3, 0.4) is 0 Å². The van der Waals surface area contributed by atoms with E-state index in [1.54, 1.807) is 0 Å². The summed E-state index contributed by atoms with van der Waals surface area (Å²) in [4.78, 5) is 24.8. The van der Waals surface area contributed by atoms with Crippen molar-refractivity contribution in [3.8, 4) is 0 Å². The second-order valence-electron chi connectivity index (χ2n) is 4.29. The van der Waals surface area contributed by atoms with Crippen LogP contribution in [-0.2, 0) is 17.6 Å². The van der Waals surface area contributed by atoms with E-state index in [9.17, 15) is 9.59 Å². The molecule has 18 heavy (non-hydrogen) atoms. The highest BCUT2D eigenvalue weighted by molar-refractivity contribution is 6.15. The number of aryl methyl sites for hydroxylation is 1. The number of carbonyl (C=O) groups excluding carboxylic acids is 2. The molecule has 0 bridgehead atoms. The van der Waals surface area contributed by atoms with E-state index >= 15 is 0 Å². The first kappa shape index (κ1) is 12.6. The van der Waals surface area contributed by atoms with Crippen molar-refractivity contribution in [3.63, 3.8) is 0 Å². The predicted octanol–water partition coefficient (Wildman–Crippen LogP) is 0.806. The molecule has 0 radical (unpaired) electrons. The van der Waals surface area contributed by atoms with Gasteiger partial charge in [0.2, 0.25) is 5.91 Å². The summed E-state index contributed by atoms with van der Waals surface area (Å²) in [5.41, 5.74) is 8.39. The van der Waals surface area contributed by atoms with E-state index in [1.807, 2.05) is 18.2 Å². The molecule has 3 N–H and O–H groups in total. The first-order valence-corrected chi connectivity index (χ1v) is 6.04. The summed E-state index contributed by atoms with van der Waals surface area (Å²) in [5.74, 6) is -0.159. The molecule has 0 spiro atoms. The minimum absolute atomic E-state index is 0.159. The van der Waals surface area contributed by atoms with Crippen LogP contribution in [0.2, 0.25) is 0 Å². The van der Waals surface area contributed by atoms with Crippen molar-refractivity contribution in [2.75, 3.05) is 18.5 Å². The first-order chi connectivity index (χ1) is 8.67. The monoisotopic (exact) mass is 247 g/mol. The number of benzene rings is 1. The SMILES string of the molecule is CNC(=O)N1C(=O)CCc2cc(CCN)ccc21. The van der Waals surface area contributed by atoms with Crippen LogP contribution in [0.4, 0.5) is 10.5 Å². The molecule has 0 aromatic heterocycles. The number of carbonyl (C=O) groups is 2. The Labute approximate surface area is 106 Å². The summed E-state index contributed by atoms with van der Waals surface area (Å²) in [6.07, 6.45) is 1.85. The highest BCUT2D eigenvalue weighted by Crippen LogP contribution is 2.28. The number of nitrogens with one attached hydrogen (secondary N) is 1. The summed E-state index contributed by atoms with van der Waals surface area (Å²) in [6.45, 7) is 0.594. The minimum atomic E-state index is -0.382. The maximum absolute atomic E-state index is 11.8. The second-order valence-corrected chi connectivity index (χ2v) is 4.29. The smallest absolute Gasteiger partial charge is 0.328 e. The Morgan fingerprint density at radius 1 is 1.44 bits per heavy atom. The zero-order valence-electron chi connectivity index (χ0n) is 10.4. The number of hydrogen-bond donors (Lipinski definition) is 2. The van der Waals surface area contributed by atoms with E-state index < -0.39 is 0 Å². The van der Waals surface area contributed by atoms with Crippen molar-refractivity contribution in [2.45, 2.75) is 19.3 Å². The molecule has 0 aliphatic carbocycles. The number of amides is 3. The molecular weight excluding hydrogens is 230 g/mol. The average molecular weight is 247 g/mol. The van der Waals surface area contributed by atoms with E-state index in [4.69, 9.17) is 5.73 Å². The Bertz CT molecular complexity index is 485. The standard InChI is InChI=1S/C13H17N3O2/c1-15-13(18)16-11-4-2-9(6-7-14)8-10(11)3-5-12(16)17/h2,4,8H,3,5-7,14H2,1H3,(H,15,18). The Hall–Kier alpha value is -1.88. The van der Waals surface area contributed by atoms with Crippen molar-refractivity contribution in [3.05, 3.63) is 29.3 Å². The zero-order chi connectivity index (χ0) is 13.1. The van der Waals surface area contributed by atoms with E-state index in [1.165, 1.54) is 11.9 Å². The van der Waals surface area contributed by atoms with E-state index in [-0.39, 0.29) is 11.9 Å². The topological polar surface area (TPSA) is 75.4 Å². The molecule has 0 saturated heterocycles. The van der Waals surface area contributed by atoms with Crippen LogP contribution < -0.4 is 16.0 Å². The summed E-state index contributed by atoms with van der Waals surface area (Å²) in [5, 5.41) is 2.49. The molecule has 1 heterocycles. The van der Waals surface area contributed by atoms with Gasteiger partial charge < -0.3 is 11.1 Å². The molecule has 0 atom stereocenters. The molecule has 1 aromatic rings. The molecule has 0 unspecified atom stereocenters. The van der Waals surface area contributed by atoms with Gasteiger partial charge in [-0.3, -0.25) is 4.79 Å². The van der Waals surface area contributed by atoms with Gasteiger partial charge in [-0.2, -0.15) is 0 Å². The molecule has 96 valence electrons. The van der Waals surface area contributed by atoms with Gasteiger partial charge in [0.1, 0.15) is 0 Å². The highest BCUT2D eigenvalue weighted by Gasteiger charge is 2.28. The number of nitrogens with zero attached hydrogens (tertiary/aromatic N) is 1. The minimum Gasteiger partial charge on any atom is -0.340 e. The van der Waals surface area contributed by atoms with Gasteiger partial charge in [-0.25, -0.2) is 9.69 Å². The highest BCUT2D eigenvalue weighted by atomic mass is 16.2. The van der Waals surface area contributed by atoms with Gasteiger partial charge in [-0.1, -0.05) is 12.1 Å². The van der Waals surface area contributed by atoms with Crippen LogP contribution in [0.1, 0.15) is 17.5 Å². The normalized spacial score (nSPS) is 14.3. The molecule has 0 fully saturated rings. The lowest BCUT2D eigenvalue weighted by atomic mass is 9.98. The van der Waals surface area contributed by atoms with Crippen LogP contribution >= 0.6 is 0 Å². The zero-order valence-corrected chi connectivity index (χ0v) is 10.4. The number of fused-ring (bicyclic) bond motifs is 1. The number of rotatable bonds is 2. The third kappa shape index (κ3) is 2.22. The molecule has 3 amide bonds. The van der Waals surface area contributed by atoms with Crippen molar-refractivity contribution in [2.24, 2.45) is 5.73 Å². The lowest BCUT2D eigenvalue weighted by molar-refractivity contribution is -0.118. The van der Waals surface area contributed by atoms with Crippen LogP contribution in [0.25, 0.3) is 0 Å². The van der Waals surface area contributed by atoms with Crippen molar-refractivity contribution in [1.29, 1.82) is 0 Å². The summed E-state index contributed by atoms with van der Waals surface area (Å²) < 4.78 is 0. The van der Waals surface area contributed by atoms with Crippen molar-refractivity contribution in [1.82, 2.24) is 5.32 Å². The largest absolute Gasteiger partial charge is 0.340 e. The molecule has 1 aliphatic heterocycles. The van der Waals surface area contributed by atoms with Crippen LogP contribution in [0.15, 0.2) is 18.2 Å². The first-order valence-electron chi connectivity index (χ1n) is 6.04. The van der Waals surface area contributed by atoms with Crippen molar-refractivity contribution >= 4 is 17.6 Å². The van der Waals surface area contributed by atoms with Gasteiger partial charge in [0, 0.05) is 13.5 Å². The van der Waals surface area contributed by atoms with E-state index in [0.29, 0.717) is 25.1 Å². The lowest BCUT2D eigenvalue weighted by Crippen LogP contribution is -2.45. The third-order valence-electron chi connectivity index (χ3n) is 3.09. The van der Waals surface area contributed by atoms with Crippen molar-refractivity contribution < 1.29 is 9.59 Å². The Kier molecular flexibility index (Phi) is 3.62. The van der Waals surface area contributed by atoms with Crippen LogP contribution in [0.5, 0.6) is 0 Å². The van der Waals surface area contributed by atoms with Gasteiger partial charge in [0.25, 0.3) is 0 Å². The fraction of sp³-hybridized carbons (Fsp3) is 0.385. The maximum Gasteiger partial charge on any atom is 0.328 e. The number of urea groups is 1. The van der Waals surface area contributed by atoms with Gasteiger partial charge in [-0.15, -0.1) is 0 Å². The molecule has 0 saturated carbocycles. The third-order valence-corrected chi connectivity index (χ3v) is 3.09. The second kappa shape index (κ2) is 5.18. The van der Waals surface area contributed by atoms with E-state index in [2.05, 4.69) is 5.32 Å². The van der Waals surface area contributed by atoms with Gasteiger partial charge in [0.05, 0.1) is 5.69 Å². The molecule has 1 aliphatic rings. The van der Waals surface area contributed by atoms with E-state index in [0.717, 1.165) is 17.5 Å². The predicted molar refractivity (Wildman–Crippen MR) is 69.5 cm³/mol. The molecule has 1 aromatic carbocycles. The summed E-state index contributed by atoms with van der Waals surface area (Å²) in [7, 11) is 1.52. The number of imide groups is 1. The number of nitrogens with two attached hydrogens (primary N) is 1. The molecular formula is C13H17N3O2. The molecule has 2 rings (SSSR count). The van der Waals surface area contributed by atoms with Gasteiger partial charge in [0.15, 0.2) is 0 Å². The number of hydrogen-bond acceptors (Lipinski definition) is 3. The Balaban J connectivity index is 2.38. The fourth-order valence-corrected chi connectivity index (χ4v) is 2.20. The van der Waals surface area contributed by atoms with Gasteiger partial charge >= 0.3 is 6.03 Å². The molecule has 5 nitrogen and oxygen atoms in total.